The number of carboxylic acids is 1. The lowest BCUT2D eigenvalue weighted by Gasteiger charge is -2.23. The summed E-state index contributed by atoms with van der Waals surface area (Å²) in [6, 6.07) is 9.72. The molecule has 0 heterocycles. The SMILES string of the molecule is CCCN(CC(=O)O)CC(=O)N(C)Cc1ccccc1. The Balaban J connectivity index is 2.52. The second-order valence-electron chi connectivity index (χ2n) is 4.84. The summed E-state index contributed by atoms with van der Waals surface area (Å²) in [4.78, 5) is 26.1. The van der Waals surface area contributed by atoms with E-state index in [1.165, 1.54) is 0 Å². The summed E-state index contributed by atoms with van der Waals surface area (Å²) in [5, 5.41) is 8.83. The van der Waals surface area contributed by atoms with E-state index in [1.54, 1.807) is 16.8 Å². The van der Waals surface area contributed by atoms with Gasteiger partial charge in [-0.15, -0.1) is 0 Å². The molecule has 0 saturated heterocycles. The lowest BCUT2D eigenvalue weighted by atomic mass is 10.2. The maximum atomic E-state index is 12.1. The van der Waals surface area contributed by atoms with Crippen LogP contribution in [0, 0.1) is 0 Å². The molecule has 1 aromatic rings. The molecule has 0 aliphatic carbocycles. The summed E-state index contributed by atoms with van der Waals surface area (Å²) >= 11 is 0. The first-order valence-electron chi connectivity index (χ1n) is 6.75. The third-order valence-electron chi connectivity index (χ3n) is 2.95. The molecule has 1 amide bonds. The Bertz CT molecular complexity index is 434. The molecule has 0 spiro atoms. The Hall–Kier alpha value is -1.88. The number of nitrogens with zero attached hydrogens (tertiary/aromatic N) is 2. The van der Waals surface area contributed by atoms with Gasteiger partial charge in [0.15, 0.2) is 0 Å². The van der Waals surface area contributed by atoms with Gasteiger partial charge in [-0.2, -0.15) is 0 Å². The molecule has 1 rings (SSSR count). The van der Waals surface area contributed by atoms with Crippen molar-refractivity contribution in [2.75, 3.05) is 26.7 Å². The van der Waals surface area contributed by atoms with Crippen LogP contribution in [-0.2, 0) is 16.1 Å². The lowest BCUT2D eigenvalue weighted by Crippen LogP contribution is -2.40. The zero-order valence-corrected chi connectivity index (χ0v) is 12.1. The highest BCUT2D eigenvalue weighted by atomic mass is 16.4. The summed E-state index contributed by atoms with van der Waals surface area (Å²) in [6.07, 6.45) is 0.822. The topological polar surface area (TPSA) is 60.9 Å². The van der Waals surface area contributed by atoms with Crippen LogP contribution in [0.5, 0.6) is 0 Å². The van der Waals surface area contributed by atoms with Crippen LogP contribution in [0.1, 0.15) is 18.9 Å². The van der Waals surface area contributed by atoms with Gasteiger partial charge >= 0.3 is 5.97 Å². The summed E-state index contributed by atoms with van der Waals surface area (Å²) in [5.74, 6) is -0.972. The first kappa shape index (κ1) is 16.2. The van der Waals surface area contributed by atoms with Crippen LogP contribution in [0.15, 0.2) is 30.3 Å². The van der Waals surface area contributed by atoms with E-state index >= 15 is 0 Å². The Labute approximate surface area is 119 Å². The van der Waals surface area contributed by atoms with E-state index in [0.717, 1.165) is 12.0 Å². The molecule has 5 heteroatoms. The van der Waals surface area contributed by atoms with Gasteiger partial charge < -0.3 is 10.0 Å². The molecule has 110 valence electrons. The summed E-state index contributed by atoms with van der Waals surface area (Å²) in [7, 11) is 1.74. The number of hydrogen-bond acceptors (Lipinski definition) is 3. The summed E-state index contributed by atoms with van der Waals surface area (Å²) < 4.78 is 0. The number of benzene rings is 1. The molecule has 5 nitrogen and oxygen atoms in total. The number of amides is 1. The van der Waals surface area contributed by atoms with E-state index in [4.69, 9.17) is 5.11 Å². The molecule has 1 N–H and O–H groups in total. The van der Waals surface area contributed by atoms with Gasteiger partial charge in [-0.1, -0.05) is 37.3 Å². The molecule has 0 aliphatic heterocycles. The summed E-state index contributed by atoms with van der Waals surface area (Å²) in [5.41, 5.74) is 1.06. The Kier molecular flexibility index (Phi) is 6.73. The Morgan fingerprint density at radius 1 is 1.15 bits per heavy atom. The maximum Gasteiger partial charge on any atom is 0.317 e. The third kappa shape index (κ3) is 5.84. The van der Waals surface area contributed by atoms with Gasteiger partial charge in [0.05, 0.1) is 13.1 Å². The van der Waals surface area contributed by atoms with Gasteiger partial charge in [0.1, 0.15) is 0 Å². The van der Waals surface area contributed by atoms with Crippen LogP contribution >= 0.6 is 0 Å². The average molecular weight is 278 g/mol. The van der Waals surface area contributed by atoms with Gasteiger partial charge in [0.2, 0.25) is 5.91 Å². The van der Waals surface area contributed by atoms with Crippen molar-refractivity contribution in [3.8, 4) is 0 Å². The van der Waals surface area contributed by atoms with Crippen LogP contribution in [0.4, 0.5) is 0 Å². The number of carboxylic acid groups (broad SMARTS) is 1. The van der Waals surface area contributed by atoms with Gasteiger partial charge in [-0.05, 0) is 18.5 Å². The van der Waals surface area contributed by atoms with E-state index < -0.39 is 5.97 Å². The fourth-order valence-corrected chi connectivity index (χ4v) is 1.98. The van der Waals surface area contributed by atoms with E-state index in [1.807, 2.05) is 37.3 Å². The van der Waals surface area contributed by atoms with Gasteiger partial charge in [-0.25, -0.2) is 0 Å². The number of hydrogen-bond donors (Lipinski definition) is 1. The Morgan fingerprint density at radius 3 is 2.35 bits per heavy atom. The summed E-state index contributed by atoms with van der Waals surface area (Å²) in [6.45, 7) is 3.15. The van der Waals surface area contributed by atoms with Crippen molar-refractivity contribution >= 4 is 11.9 Å². The zero-order valence-electron chi connectivity index (χ0n) is 12.1. The minimum Gasteiger partial charge on any atom is -0.480 e. The number of likely N-dealkylation sites (N-methyl/N-ethyl adjacent to an activating group) is 1. The van der Waals surface area contributed by atoms with Crippen LogP contribution < -0.4 is 0 Å². The molecular weight excluding hydrogens is 256 g/mol. The lowest BCUT2D eigenvalue weighted by molar-refractivity contribution is -0.139. The largest absolute Gasteiger partial charge is 0.480 e. The number of carbonyl (C=O) groups is 2. The van der Waals surface area contributed by atoms with Crippen LogP contribution in [0.25, 0.3) is 0 Å². The minimum atomic E-state index is -0.906. The quantitative estimate of drug-likeness (QED) is 0.781. The Morgan fingerprint density at radius 2 is 1.80 bits per heavy atom. The van der Waals surface area contributed by atoms with Gasteiger partial charge in [0, 0.05) is 13.6 Å². The molecular formula is C15H22N2O3. The van der Waals surface area contributed by atoms with Crippen molar-refractivity contribution in [1.29, 1.82) is 0 Å². The predicted molar refractivity (Wildman–Crippen MR) is 77.3 cm³/mol. The minimum absolute atomic E-state index is 0.0662. The first-order chi connectivity index (χ1) is 9.52. The molecule has 1 aromatic carbocycles. The van der Waals surface area contributed by atoms with Crippen molar-refractivity contribution in [2.24, 2.45) is 0 Å². The standard InChI is InChI=1S/C15H22N2O3/c1-3-9-17(12-15(19)20)11-14(18)16(2)10-13-7-5-4-6-8-13/h4-8H,3,9-12H2,1-2H3,(H,19,20). The monoisotopic (exact) mass is 278 g/mol. The second kappa shape index (κ2) is 8.32. The number of carbonyl (C=O) groups excluding carboxylic acids is 1. The van der Waals surface area contributed by atoms with Crippen molar-refractivity contribution in [3.05, 3.63) is 35.9 Å². The molecule has 0 saturated carbocycles. The molecule has 20 heavy (non-hydrogen) atoms. The van der Waals surface area contributed by atoms with Crippen LogP contribution in [0.3, 0.4) is 0 Å². The van der Waals surface area contributed by atoms with E-state index in [-0.39, 0.29) is 19.0 Å². The van der Waals surface area contributed by atoms with E-state index in [9.17, 15) is 9.59 Å². The fraction of sp³-hybridized carbons (Fsp3) is 0.467. The van der Waals surface area contributed by atoms with Crippen molar-refractivity contribution in [1.82, 2.24) is 9.80 Å². The highest BCUT2D eigenvalue weighted by Crippen LogP contribution is 2.03. The molecule has 0 aliphatic rings. The smallest absolute Gasteiger partial charge is 0.317 e. The highest BCUT2D eigenvalue weighted by Gasteiger charge is 2.16. The normalized spacial score (nSPS) is 10.6. The first-order valence-corrected chi connectivity index (χ1v) is 6.75. The van der Waals surface area contributed by atoms with Crippen LogP contribution in [-0.4, -0.2) is 53.5 Å². The maximum absolute atomic E-state index is 12.1. The average Bonchev–Trinajstić information content (AvgIpc) is 2.39. The fourth-order valence-electron chi connectivity index (χ4n) is 1.98. The van der Waals surface area contributed by atoms with E-state index in [0.29, 0.717) is 13.1 Å². The third-order valence-corrected chi connectivity index (χ3v) is 2.95. The molecule has 0 bridgehead atoms. The number of aliphatic carboxylic acids is 1. The van der Waals surface area contributed by atoms with Crippen molar-refractivity contribution < 1.29 is 14.7 Å². The zero-order chi connectivity index (χ0) is 15.0. The van der Waals surface area contributed by atoms with Gasteiger partial charge in [-0.3, -0.25) is 14.5 Å². The molecule has 0 radical (unpaired) electrons. The van der Waals surface area contributed by atoms with Crippen LogP contribution in [0.2, 0.25) is 0 Å². The number of rotatable bonds is 8. The highest BCUT2D eigenvalue weighted by molar-refractivity contribution is 5.79. The van der Waals surface area contributed by atoms with E-state index in [2.05, 4.69) is 0 Å². The molecule has 0 fully saturated rings. The molecule has 0 atom stereocenters. The second-order valence-corrected chi connectivity index (χ2v) is 4.84. The predicted octanol–water partition coefficient (Wildman–Crippen LogP) is 1.44. The molecule has 0 unspecified atom stereocenters. The van der Waals surface area contributed by atoms with Crippen molar-refractivity contribution in [2.45, 2.75) is 19.9 Å². The van der Waals surface area contributed by atoms with Crippen molar-refractivity contribution in [3.63, 3.8) is 0 Å². The molecule has 0 aromatic heterocycles. The van der Waals surface area contributed by atoms with Gasteiger partial charge in [0.25, 0.3) is 0 Å².